The molecule has 0 aromatic carbocycles. The van der Waals surface area contributed by atoms with Gasteiger partial charge in [-0.2, -0.15) is 0 Å². The molecule has 0 radical (unpaired) electrons. The maximum Gasteiger partial charge on any atom is 0.301 e. The summed E-state index contributed by atoms with van der Waals surface area (Å²) in [5.41, 5.74) is 0. The van der Waals surface area contributed by atoms with Gasteiger partial charge in [0.25, 0.3) is 0 Å². The highest BCUT2D eigenvalue weighted by molar-refractivity contribution is 5.37. The molecule has 3 heteroatoms. The number of carbonyl (C=O) groups is 1. The third-order valence-corrected chi connectivity index (χ3v) is 1.54. The van der Waals surface area contributed by atoms with Gasteiger partial charge in [0.15, 0.2) is 0 Å². The van der Waals surface area contributed by atoms with Crippen LogP contribution in [0.25, 0.3) is 0 Å². The first kappa shape index (κ1) is 11.6. The van der Waals surface area contributed by atoms with Gasteiger partial charge in [-0.1, -0.05) is 27.7 Å². The zero-order valence-corrected chi connectivity index (χ0v) is 8.41. The van der Waals surface area contributed by atoms with Crippen LogP contribution >= 0.6 is 0 Å². The Morgan fingerprint density at radius 3 is 1.67 bits per heavy atom. The van der Waals surface area contributed by atoms with Crippen molar-refractivity contribution in [3.05, 3.63) is 5.21 Å². The number of nitrogens with zero attached hydrogens (tertiary/aromatic N) is 1. The number of rotatable bonds is 5. The SMILES string of the molecule is CC(C)C[N+]([O-])(C=O)CC(C)C. The van der Waals surface area contributed by atoms with E-state index in [1.165, 1.54) is 0 Å². The molecule has 0 aromatic rings. The number of quaternary nitrogens is 1. The maximum atomic E-state index is 11.7. The second kappa shape index (κ2) is 4.58. The molecule has 0 aromatic heterocycles. The molecule has 0 aliphatic carbocycles. The van der Waals surface area contributed by atoms with E-state index in [9.17, 15) is 10.0 Å². The Labute approximate surface area is 74.5 Å². The van der Waals surface area contributed by atoms with Crippen molar-refractivity contribution in [2.45, 2.75) is 27.7 Å². The summed E-state index contributed by atoms with van der Waals surface area (Å²) in [6.45, 7) is 8.59. The van der Waals surface area contributed by atoms with Crippen molar-refractivity contribution >= 4 is 6.41 Å². The lowest BCUT2D eigenvalue weighted by Gasteiger charge is -2.38. The molecular weight excluding hydrogens is 154 g/mol. The number of hydroxylamine groups is 3. The molecule has 72 valence electrons. The molecule has 0 bridgehead atoms. The fraction of sp³-hybridized carbons (Fsp3) is 0.889. The number of carbonyl (C=O) groups excluding carboxylic acids is 1. The van der Waals surface area contributed by atoms with Gasteiger partial charge < -0.3 is 9.85 Å². The van der Waals surface area contributed by atoms with E-state index in [2.05, 4.69) is 0 Å². The molecule has 0 saturated heterocycles. The van der Waals surface area contributed by atoms with Crippen LogP contribution in [0.15, 0.2) is 0 Å². The van der Waals surface area contributed by atoms with Gasteiger partial charge in [0.05, 0.1) is 13.1 Å². The van der Waals surface area contributed by atoms with Crippen molar-refractivity contribution in [1.82, 2.24) is 0 Å². The Kier molecular flexibility index (Phi) is 4.42. The van der Waals surface area contributed by atoms with Crippen LogP contribution in [-0.2, 0) is 4.79 Å². The lowest BCUT2D eigenvalue weighted by Crippen LogP contribution is -2.45. The van der Waals surface area contributed by atoms with E-state index >= 15 is 0 Å². The third kappa shape index (κ3) is 4.46. The largest absolute Gasteiger partial charge is 0.625 e. The normalized spacial score (nSPS) is 12.6. The summed E-state index contributed by atoms with van der Waals surface area (Å²) in [7, 11) is 0. The molecule has 12 heavy (non-hydrogen) atoms. The molecule has 0 fully saturated rings. The van der Waals surface area contributed by atoms with Gasteiger partial charge in [-0.25, -0.2) is 4.79 Å². The first-order valence-corrected chi connectivity index (χ1v) is 4.43. The highest BCUT2D eigenvalue weighted by Gasteiger charge is 2.19. The molecule has 0 saturated carbocycles. The quantitative estimate of drug-likeness (QED) is 0.361. The fourth-order valence-electron chi connectivity index (χ4n) is 1.40. The predicted octanol–water partition coefficient (Wildman–Crippen LogP) is 1.77. The molecule has 0 aliphatic heterocycles. The van der Waals surface area contributed by atoms with E-state index in [4.69, 9.17) is 0 Å². The Bertz CT molecular complexity index is 133. The van der Waals surface area contributed by atoms with Crippen LogP contribution in [0.5, 0.6) is 0 Å². The molecule has 0 heterocycles. The molecule has 1 amide bonds. The highest BCUT2D eigenvalue weighted by Crippen LogP contribution is 2.10. The van der Waals surface area contributed by atoms with E-state index in [1.54, 1.807) is 0 Å². The standard InChI is InChI=1S/C9H19NO2/c1-8(2)5-10(12,7-11)6-9(3)4/h7-9H,5-6H2,1-4H3. The van der Waals surface area contributed by atoms with E-state index in [0.717, 1.165) is 0 Å². The summed E-state index contributed by atoms with van der Waals surface area (Å²) < 4.78 is -0.699. The monoisotopic (exact) mass is 173 g/mol. The second-order valence-corrected chi connectivity index (χ2v) is 4.21. The van der Waals surface area contributed by atoms with Gasteiger partial charge in [-0.15, -0.1) is 0 Å². The first-order chi connectivity index (χ1) is 5.39. The van der Waals surface area contributed by atoms with Crippen molar-refractivity contribution in [3.8, 4) is 0 Å². The molecular formula is C9H19NO2. The van der Waals surface area contributed by atoms with Crippen molar-refractivity contribution in [3.63, 3.8) is 0 Å². The predicted molar refractivity (Wildman–Crippen MR) is 49.1 cm³/mol. The zero-order valence-electron chi connectivity index (χ0n) is 8.41. The van der Waals surface area contributed by atoms with Crippen LogP contribution in [0.1, 0.15) is 27.7 Å². The van der Waals surface area contributed by atoms with Crippen molar-refractivity contribution < 1.29 is 9.44 Å². The van der Waals surface area contributed by atoms with Crippen LogP contribution in [0.3, 0.4) is 0 Å². The van der Waals surface area contributed by atoms with Crippen LogP contribution in [-0.4, -0.2) is 24.1 Å². The Balaban J connectivity index is 4.14. The molecule has 0 aliphatic rings. The Morgan fingerprint density at radius 1 is 1.17 bits per heavy atom. The van der Waals surface area contributed by atoms with Gasteiger partial charge in [-0.05, 0) is 0 Å². The van der Waals surface area contributed by atoms with Crippen molar-refractivity contribution in [2.75, 3.05) is 13.1 Å². The van der Waals surface area contributed by atoms with E-state index in [-0.39, 0.29) is 11.8 Å². The third-order valence-electron chi connectivity index (χ3n) is 1.54. The minimum atomic E-state index is -0.699. The van der Waals surface area contributed by atoms with E-state index in [0.29, 0.717) is 19.5 Å². The Morgan fingerprint density at radius 2 is 1.50 bits per heavy atom. The van der Waals surface area contributed by atoms with Crippen LogP contribution in [0, 0.1) is 17.0 Å². The van der Waals surface area contributed by atoms with Crippen LogP contribution < -0.4 is 0 Å². The molecule has 3 nitrogen and oxygen atoms in total. The van der Waals surface area contributed by atoms with Gasteiger partial charge in [0.2, 0.25) is 0 Å². The summed E-state index contributed by atoms with van der Waals surface area (Å²) >= 11 is 0. The minimum Gasteiger partial charge on any atom is -0.625 e. The minimum absolute atomic E-state index is 0.270. The van der Waals surface area contributed by atoms with Gasteiger partial charge >= 0.3 is 6.41 Å². The summed E-state index contributed by atoms with van der Waals surface area (Å²) in [6, 6.07) is 0. The average molecular weight is 173 g/mol. The fourth-order valence-corrected chi connectivity index (χ4v) is 1.40. The summed E-state index contributed by atoms with van der Waals surface area (Å²) in [4.78, 5) is 10.6. The zero-order chi connectivity index (χ0) is 9.78. The van der Waals surface area contributed by atoms with Gasteiger partial charge in [0, 0.05) is 11.8 Å². The topological polar surface area (TPSA) is 40.1 Å². The number of hydrogen-bond acceptors (Lipinski definition) is 2. The number of amides is 1. The number of hydrogen-bond donors (Lipinski definition) is 0. The molecule has 0 spiro atoms. The molecule has 0 N–H and O–H groups in total. The lowest BCUT2D eigenvalue weighted by atomic mass is 10.1. The van der Waals surface area contributed by atoms with E-state index < -0.39 is 4.65 Å². The van der Waals surface area contributed by atoms with E-state index in [1.807, 2.05) is 27.7 Å². The second-order valence-electron chi connectivity index (χ2n) is 4.21. The first-order valence-electron chi connectivity index (χ1n) is 4.43. The van der Waals surface area contributed by atoms with Gasteiger partial charge in [-0.3, -0.25) is 0 Å². The van der Waals surface area contributed by atoms with Gasteiger partial charge in [0.1, 0.15) is 0 Å². The maximum absolute atomic E-state index is 11.7. The van der Waals surface area contributed by atoms with Crippen molar-refractivity contribution in [2.24, 2.45) is 11.8 Å². The van der Waals surface area contributed by atoms with Crippen LogP contribution in [0.4, 0.5) is 0 Å². The summed E-state index contributed by atoms with van der Waals surface area (Å²) in [6.07, 6.45) is 0.514. The molecule has 0 unspecified atom stereocenters. The Hall–Kier alpha value is -0.410. The van der Waals surface area contributed by atoms with Crippen molar-refractivity contribution in [1.29, 1.82) is 0 Å². The smallest absolute Gasteiger partial charge is 0.301 e. The molecule has 0 atom stereocenters. The summed E-state index contributed by atoms with van der Waals surface area (Å²) in [5.74, 6) is 0.540. The van der Waals surface area contributed by atoms with Crippen LogP contribution in [0.2, 0.25) is 0 Å². The summed E-state index contributed by atoms with van der Waals surface area (Å²) in [5, 5.41) is 11.7. The average Bonchev–Trinajstić information content (AvgIpc) is 1.83. The molecule has 0 rings (SSSR count). The highest BCUT2D eigenvalue weighted by atomic mass is 16.6. The lowest BCUT2D eigenvalue weighted by molar-refractivity contribution is -0.801.